The molecule has 202 valence electrons. The fourth-order valence-corrected chi connectivity index (χ4v) is 3.23. The van der Waals surface area contributed by atoms with Gasteiger partial charge in [0.1, 0.15) is 11.7 Å². The van der Waals surface area contributed by atoms with Crippen LogP contribution in [0.2, 0.25) is 0 Å². The van der Waals surface area contributed by atoms with E-state index in [1.165, 1.54) is 5.56 Å². The fraction of sp³-hybridized carbons (Fsp3) is 0.333. The predicted octanol–water partition coefficient (Wildman–Crippen LogP) is 5.09. The van der Waals surface area contributed by atoms with Crippen molar-refractivity contribution in [2.24, 2.45) is 16.5 Å². The highest BCUT2D eigenvalue weighted by atomic mass is 15.0. The van der Waals surface area contributed by atoms with Crippen molar-refractivity contribution in [1.82, 2.24) is 20.3 Å². The third-order valence-electron chi connectivity index (χ3n) is 5.26. The second-order valence-electron chi connectivity index (χ2n) is 7.82. The maximum absolute atomic E-state index is 8.28. The molecule has 0 aliphatic rings. The number of hydrogen-bond acceptors (Lipinski definition) is 6. The molecule has 0 fully saturated rings. The zero-order valence-corrected chi connectivity index (χ0v) is 23.3. The fourth-order valence-electron chi connectivity index (χ4n) is 3.23. The van der Waals surface area contributed by atoms with Crippen LogP contribution in [0.1, 0.15) is 62.0 Å². The maximum Gasteiger partial charge on any atom is 0.125 e. The summed E-state index contributed by atoms with van der Waals surface area (Å²) < 4.78 is 0. The Hall–Kier alpha value is -4.40. The summed E-state index contributed by atoms with van der Waals surface area (Å²) in [6.45, 7) is 12.6. The van der Waals surface area contributed by atoms with Crippen LogP contribution in [-0.2, 0) is 6.42 Å². The molecule has 0 saturated carbocycles. The Morgan fingerprint density at radius 2 is 2.05 bits per heavy atom. The molecule has 0 amide bonds. The molecule has 0 radical (unpaired) electrons. The van der Waals surface area contributed by atoms with Crippen LogP contribution in [0, 0.1) is 31.1 Å². The van der Waals surface area contributed by atoms with Crippen LogP contribution in [0.25, 0.3) is 11.0 Å². The number of benzene rings is 1. The standard InChI is InChI=1S/C17H24N6.C9H10N2.C2H6.C2H2/c1-10-8-13(16(19)20-4)9-14-15(10)23-17(22-14)11(2)12(3)21-7-5-6-18;10-6-2-1-4-9-5-3-7-11-8-9;2*1-2/h5,7-9,11,21H,3,6,18H2,1-2,4H3,(H2,19,20)(H,22,23);3,5,7-8H,1-2,4H2;1-2H3;1-2H/b7-5-;;;. The molecule has 2 heterocycles. The number of nitriles is 1. The highest BCUT2D eigenvalue weighted by Gasteiger charge is 2.15. The van der Waals surface area contributed by atoms with E-state index >= 15 is 0 Å². The number of imidazole rings is 1. The average Bonchev–Trinajstić information content (AvgIpc) is 3.40. The minimum absolute atomic E-state index is 0.0323. The van der Waals surface area contributed by atoms with Gasteiger partial charge >= 0.3 is 0 Å². The number of allylic oxidation sites excluding steroid dienone is 1. The molecule has 0 saturated heterocycles. The van der Waals surface area contributed by atoms with E-state index in [-0.39, 0.29) is 5.92 Å². The number of nitrogens with two attached hydrogens (primary N) is 2. The number of pyridine rings is 1. The topological polar surface area (TPSA) is 142 Å². The number of amidine groups is 1. The van der Waals surface area contributed by atoms with Crippen LogP contribution in [0.5, 0.6) is 0 Å². The Kier molecular flexibility index (Phi) is 17.5. The molecule has 38 heavy (non-hydrogen) atoms. The molecular formula is C30H42N8. The lowest BCUT2D eigenvalue weighted by Crippen LogP contribution is -2.13. The van der Waals surface area contributed by atoms with Crippen LogP contribution in [0.4, 0.5) is 0 Å². The van der Waals surface area contributed by atoms with Gasteiger partial charge in [0.25, 0.3) is 0 Å². The highest BCUT2D eigenvalue weighted by molar-refractivity contribution is 6.00. The molecule has 8 heteroatoms. The SMILES string of the molecule is C#C.C=C(N/C=C\CN)C(C)c1nc2c(C)cc(C(N)=NC)cc2[nH]1.CC.N#CCCCc1cccnc1. The Labute approximate surface area is 228 Å². The van der Waals surface area contributed by atoms with Crippen molar-refractivity contribution in [3.63, 3.8) is 0 Å². The lowest BCUT2D eigenvalue weighted by atomic mass is 10.1. The smallest absolute Gasteiger partial charge is 0.125 e. The number of fused-ring (bicyclic) bond motifs is 1. The number of hydrogen-bond donors (Lipinski definition) is 4. The number of H-pyrrole nitrogens is 1. The number of aryl methyl sites for hydroxylation is 2. The van der Waals surface area contributed by atoms with E-state index in [0.717, 1.165) is 46.5 Å². The predicted molar refractivity (Wildman–Crippen MR) is 160 cm³/mol. The summed E-state index contributed by atoms with van der Waals surface area (Å²) in [5.41, 5.74) is 17.2. The van der Waals surface area contributed by atoms with Gasteiger partial charge in [-0.25, -0.2) is 4.98 Å². The summed E-state index contributed by atoms with van der Waals surface area (Å²) in [7, 11) is 1.68. The normalized spacial score (nSPS) is 11.1. The molecule has 0 spiro atoms. The van der Waals surface area contributed by atoms with E-state index < -0.39 is 0 Å². The van der Waals surface area contributed by atoms with E-state index in [2.05, 4.69) is 45.8 Å². The molecule has 0 bridgehead atoms. The summed E-state index contributed by atoms with van der Waals surface area (Å²) >= 11 is 0. The lowest BCUT2D eigenvalue weighted by Gasteiger charge is -2.11. The van der Waals surface area contributed by atoms with E-state index in [1.807, 2.05) is 64.2 Å². The summed E-state index contributed by atoms with van der Waals surface area (Å²) in [6.07, 6.45) is 17.8. The van der Waals surface area contributed by atoms with E-state index in [1.54, 1.807) is 19.4 Å². The minimum atomic E-state index is 0.0323. The van der Waals surface area contributed by atoms with Crippen molar-refractivity contribution in [1.29, 1.82) is 5.26 Å². The van der Waals surface area contributed by atoms with Gasteiger partial charge in [-0.05, 0) is 62.2 Å². The first-order valence-corrected chi connectivity index (χ1v) is 12.5. The van der Waals surface area contributed by atoms with Gasteiger partial charge in [-0.3, -0.25) is 9.98 Å². The number of aromatic amines is 1. The summed E-state index contributed by atoms with van der Waals surface area (Å²) in [4.78, 5) is 16.1. The number of rotatable bonds is 9. The summed E-state index contributed by atoms with van der Waals surface area (Å²) in [5.74, 6) is 1.40. The molecule has 3 rings (SSSR count). The lowest BCUT2D eigenvalue weighted by molar-refractivity contribution is 0.772. The molecule has 1 unspecified atom stereocenters. The van der Waals surface area contributed by atoms with Gasteiger partial charge in [-0.2, -0.15) is 5.26 Å². The van der Waals surface area contributed by atoms with Gasteiger partial charge in [0.15, 0.2) is 0 Å². The average molecular weight is 515 g/mol. The molecule has 8 nitrogen and oxygen atoms in total. The van der Waals surface area contributed by atoms with Crippen molar-refractivity contribution in [3.8, 4) is 18.9 Å². The van der Waals surface area contributed by atoms with Crippen molar-refractivity contribution in [2.75, 3.05) is 13.6 Å². The molecular weight excluding hydrogens is 472 g/mol. The number of nitrogens with one attached hydrogen (secondary N) is 2. The molecule has 6 N–H and O–H groups in total. The van der Waals surface area contributed by atoms with Crippen molar-refractivity contribution in [2.45, 2.75) is 52.9 Å². The van der Waals surface area contributed by atoms with Gasteiger partial charge in [-0.15, -0.1) is 12.8 Å². The zero-order chi connectivity index (χ0) is 28.9. The third kappa shape index (κ3) is 11.1. The highest BCUT2D eigenvalue weighted by Crippen LogP contribution is 2.24. The maximum atomic E-state index is 8.28. The Morgan fingerprint density at radius 1 is 1.34 bits per heavy atom. The van der Waals surface area contributed by atoms with Crippen LogP contribution < -0.4 is 16.8 Å². The van der Waals surface area contributed by atoms with Gasteiger partial charge in [0.2, 0.25) is 0 Å². The number of unbranched alkanes of at least 4 members (excludes halogenated alkanes) is 1. The molecule has 1 atom stereocenters. The van der Waals surface area contributed by atoms with E-state index in [4.69, 9.17) is 21.7 Å². The molecule has 0 aliphatic heterocycles. The molecule has 0 aliphatic carbocycles. The second-order valence-corrected chi connectivity index (χ2v) is 7.82. The van der Waals surface area contributed by atoms with Gasteiger partial charge in [0.05, 0.1) is 23.0 Å². The van der Waals surface area contributed by atoms with Crippen LogP contribution >= 0.6 is 0 Å². The number of terminal acetylenes is 1. The monoisotopic (exact) mass is 514 g/mol. The first kappa shape index (κ1) is 33.6. The number of aromatic nitrogens is 3. The minimum Gasteiger partial charge on any atom is -0.384 e. The van der Waals surface area contributed by atoms with Crippen molar-refractivity contribution >= 4 is 16.9 Å². The van der Waals surface area contributed by atoms with E-state index in [9.17, 15) is 0 Å². The Balaban J connectivity index is 0.000000763. The molecule has 2 aromatic heterocycles. The Morgan fingerprint density at radius 3 is 2.63 bits per heavy atom. The first-order valence-electron chi connectivity index (χ1n) is 12.5. The van der Waals surface area contributed by atoms with Crippen LogP contribution in [0.15, 0.2) is 66.2 Å². The van der Waals surface area contributed by atoms with Crippen LogP contribution in [0.3, 0.4) is 0 Å². The molecule has 1 aromatic carbocycles. The van der Waals surface area contributed by atoms with Gasteiger partial charge in [-0.1, -0.05) is 32.6 Å². The second kappa shape index (κ2) is 19.7. The zero-order valence-electron chi connectivity index (χ0n) is 23.3. The van der Waals surface area contributed by atoms with Crippen LogP contribution in [-0.4, -0.2) is 34.4 Å². The quantitative estimate of drug-likeness (QED) is 0.136. The Bertz CT molecular complexity index is 1210. The first-order chi connectivity index (χ1) is 18.4. The number of aliphatic imine (C=N–C) groups is 1. The third-order valence-corrected chi connectivity index (χ3v) is 5.26. The summed E-state index contributed by atoms with van der Waals surface area (Å²) in [5, 5.41) is 11.4. The van der Waals surface area contributed by atoms with Gasteiger partial charge < -0.3 is 21.8 Å². The summed E-state index contributed by atoms with van der Waals surface area (Å²) in [6, 6.07) is 10.0. The van der Waals surface area contributed by atoms with Gasteiger partial charge in [0, 0.05) is 43.7 Å². The molecule has 3 aromatic rings. The van der Waals surface area contributed by atoms with Crippen molar-refractivity contribution in [3.05, 3.63) is 83.7 Å². The number of nitrogens with zero attached hydrogens (tertiary/aromatic N) is 4. The largest absolute Gasteiger partial charge is 0.384 e. The van der Waals surface area contributed by atoms with Crippen molar-refractivity contribution < 1.29 is 0 Å². The van der Waals surface area contributed by atoms with E-state index in [0.29, 0.717) is 18.8 Å².